The van der Waals surface area contributed by atoms with Gasteiger partial charge < -0.3 is 10.1 Å². The zero-order chi connectivity index (χ0) is 11.4. The van der Waals surface area contributed by atoms with E-state index in [1.807, 2.05) is 20.8 Å². The highest BCUT2D eigenvalue weighted by Gasteiger charge is 2.17. The molecule has 0 aromatic rings. The van der Waals surface area contributed by atoms with Gasteiger partial charge in [0.1, 0.15) is 5.60 Å². The van der Waals surface area contributed by atoms with E-state index in [1.54, 1.807) is 0 Å². The van der Waals surface area contributed by atoms with E-state index in [4.69, 9.17) is 4.74 Å². The molecule has 0 aliphatic rings. The van der Waals surface area contributed by atoms with Crippen LogP contribution in [-0.4, -0.2) is 17.7 Å². The molecule has 1 unspecified atom stereocenters. The van der Waals surface area contributed by atoms with Gasteiger partial charge in [0.05, 0.1) is 0 Å². The van der Waals surface area contributed by atoms with Crippen molar-refractivity contribution in [3.05, 3.63) is 6.92 Å². The number of nitrogens with one attached hydrogen (secondary N) is 1. The summed E-state index contributed by atoms with van der Waals surface area (Å²) in [6, 6.07) is -0.0788. The monoisotopic (exact) mass is 200 g/mol. The maximum atomic E-state index is 11.3. The number of carbonyl (C=O) groups excluding carboxylic acids is 1. The molecule has 1 radical (unpaired) electrons. The maximum absolute atomic E-state index is 11.3. The molecule has 0 saturated carbocycles. The van der Waals surface area contributed by atoms with Crippen LogP contribution in [0, 0.1) is 12.8 Å². The summed E-state index contributed by atoms with van der Waals surface area (Å²) in [5, 5.41) is 2.70. The maximum Gasteiger partial charge on any atom is 0.407 e. The lowest BCUT2D eigenvalue weighted by Crippen LogP contribution is -2.38. The van der Waals surface area contributed by atoms with Crippen LogP contribution in [-0.2, 0) is 4.74 Å². The number of hydrogen-bond donors (Lipinski definition) is 1. The molecule has 0 heterocycles. The van der Waals surface area contributed by atoms with Crippen molar-refractivity contribution < 1.29 is 9.53 Å². The van der Waals surface area contributed by atoms with E-state index in [2.05, 4.69) is 26.1 Å². The first-order chi connectivity index (χ1) is 6.20. The van der Waals surface area contributed by atoms with Crippen molar-refractivity contribution in [2.45, 2.75) is 52.7 Å². The molecule has 0 bridgehead atoms. The second-order valence-corrected chi connectivity index (χ2v) is 4.97. The molecule has 0 aliphatic heterocycles. The Kier molecular flexibility index (Phi) is 4.95. The quantitative estimate of drug-likeness (QED) is 0.760. The molecule has 0 spiro atoms. The molecule has 1 atom stereocenters. The van der Waals surface area contributed by atoms with Crippen LogP contribution in [0.5, 0.6) is 0 Å². The molecular weight excluding hydrogens is 178 g/mol. The number of amides is 1. The minimum Gasteiger partial charge on any atom is -0.444 e. The second kappa shape index (κ2) is 5.23. The van der Waals surface area contributed by atoms with Gasteiger partial charge in [0.2, 0.25) is 0 Å². The molecule has 83 valence electrons. The standard InChI is InChI=1S/C11H22NO2/c1-8(2)7-9(3)12-10(13)14-11(4,5)6/h8-9H,3,7H2,1-2,4-6H3,(H,12,13). The molecule has 0 fully saturated rings. The summed E-state index contributed by atoms with van der Waals surface area (Å²) in [7, 11) is 0. The number of ether oxygens (including phenoxy) is 1. The van der Waals surface area contributed by atoms with Gasteiger partial charge in [-0.15, -0.1) is 0 Å². The summed E-state index contributed by atoms with van der Waals surface area (Å²) in [4.78, 5) is 11.3. The van der Waals surface area contributed by atoms with Gasteiger partial charge in [0, 0.05) is 6.04 Å². The number of rotatable bonds is 3. The van der Waals surface area contributed by atoms with Crippen LogP contribution in [0.3, 0.4) is 0 Å². The summed E-state index contributed by atoms with van der Waals surface area (Å²) < 4.78 is 5.10. The topological polar surface area (TPSA) is 38.3 Å². The summed E-state index contributed by atoms with van der Waals surface area (Å²) in [5.41, 5.74) is -0.443. The predicted octanol–water partition coefficient (Wildman–Crippen LogP) is 2.76. The smallest absolute Gasteiger partial charge is 0.407 e. The fraction of sp³-hybridized carbons (Fsp3) is 0.818. The zero-order valence-corrected chi connectivity index (χ0v) is 9.89. The van der Waals surface area contributed by atoms with Crippen LogP contribution >= 0.6 is 0 Å². The minimum absolute atomic E-state index is 0.0788. The Labute approximate surface area is 87.2 Å². The largest absolute Gasteiger partial charge is 0.444 e. The summed E-state index contributed by atoms with van der Waals surface area (Å²) in [5.74, 6) is 0.521. The van der Waals surface area contributed by atoms with Gasteiger partial charge in [-0.1, -0.05) is 13.8 Å². The Hall–Kier alpha value is -0.730. The first-order valence-electron chi connectivity index (χ1n) is 5.03. The third-order valence-corrected chi connectivity index (χ3v) is 1.48. The van der Waals surface area contributed by atoms with E-state index in [0.717, 1.165) is 6.42 Å². The molecule has 3 nitrogen and oxygen atoms in total. The lowest BCUT2D eigenvalue weighted by atomic mass is 10.1. The van der Waals surface area contributed by atoms with Crippen LogP contribution in [0.25, 0.3) is 0 Å². The van der Waals surface area contributed by atoms with Crippen LogP contribution in [0.15, 0.2) is 0 Å². The number of carbonyl (C=O) groups is 1. The average molecular weight is 200 g/mol. The molecule has 0 rings (SSSR count). The lowest BCUT2D eigenvalue weighted by molar-refractivity contribution is 0.0510. The SMILES string of the molecule is [CH2]C(CC(C)C)NC(=O)OC(C)(C)C. The van der Waals surface area contributed by atoms with Crippen molar-refractivity contribution in [1.82, 2.24) is 5.32 Å². The first-order valence-corrected chi connectivity index (χ1v) is 5.03. The Morgan fingerprint density at radius 3 is 2.29 bits per heavy atom. The fourth-order valence-electron chi connectivity index (χ4n) is 1.10. The van der Waals surface area contributed by atoms with E-state index in [-0.39, 0.29) is 6.04 Å². The van der Waals surface area contributed by atoms with Gasteiger partial charge >= 0.3 is 6.09 Å². The molecule has 14 heavy (non-hydrogen) atoms. The third kappa shape index (κ3) is 7.90. The number of alkyl carbamates (subject to hydrolysis) is 1. The highest BCUT2D eigenvalue weighted by atomic mass is 16.6. The summed E-state index contributed by atoms with van der Waals surface area (Å²) in [6.07, 6.45) is 0.470. The molecule has 0 saturated heterocycles. The molecular formula is C11H22NO2. The van der Waals surface area contributed by atoms with Crippen LogP contribution < -0.4 is 5.32 Å². The molecule has 0 aromatic carbocycles. The van der Waals surface area contributed by atoms with Crippen molar-refractivity contribution in [1.29, 1.82) is 0 Å². The van der Waals surface area contributed by atoms with Crippen molar-refractivity contribution >= 4 is 6.09 Å². The van der Waals surface area contributed by atoms with Crippen molar-refractivity contribution in [3.8, 4) is 0 Å². The summed E-state index contributed by atoms with van der Waals surface area (Å²) >= 11 is 0. The third-order valence-electron chi connectivity index (χ3n) is 1.48. The molecule has 0 aliphatic carbocycles. The van der Waals surface area contributed by atoms with Crippen molar-refractivity contribution in [3.63, 3.8) is 0 Å². The van der Waals surface area contributed by atoms with Gasteiger partial charge in [-0.05, 0) is 40.0 Å². The summed E-state index contributed by atoms with van der Waals surface area (Å²) in [6.45, 7) is 13.5. The molecule has 3 heteroatoms. The molecule has 1 amide bonds. The second-order valence-electron chi connectivity index (χ2n) is 4.97. The number of hydrogen-bond acceptors (Lipinski definition) is 2. The van der Waals surface area contributed by atoms with Crippen LogP contribution in [0.2, 0.25) is 0 Å². The lowest BCUT2D eigenvalue weighted by Gasteiger charge is -2.22. The van der Waals surface area contributed by atoms with E-state index in [1.165, 1.54) is 0 Å². The average Bonchev–Trinajstić information content (AvgIpc) is 1.77. The van der Waals surface area contributed by atoms with Crippen LogP contribution in [0.1, 0.15) is 41.0 Å². The Bertz CT molecular complexity index is 182. The molecule has 0 aromatic heterocycles. The van der Waals surface area contributed by atoms with Gasteiger partial charge in [-0.25, -0.2) is 4.79 Å². The van der Waals surface area contributed by atoms with Gasteiger partial charge in [0.15, 0.2) is 0 Å². The van der Waals surface area contributed by atoms with Crippen molar-refractivity contribution in [2.24, 2.45) is 5.92 Å². The van der Waals surface area contributed by atoms with Gasteiger partial charge in [-0.3, -0.25) is 0 Å². The fourth-order valence-corrected chi connectivity index (χ4v) is 1.10. The van der Waals surface area contributed by atoms with E-state index in [0.29, 0.717) is 5.92 Å². The van der Waals surface area contributed by atoms with Crippen LogP contribution in [0.4, 0.5) is 4.79 Å². The first kappa shape index (κ1) is 13.3. The minimum atomic E-state index is -0.443. The van der Waals surface area contributed by atoms with Gasteiger partial charge in [0.25, 0.3) is 0 Å². The van der Waals surface area contributed by atoms with E-state index in [9.17, 15) is 4.79 Å². The highest BCUT2D eigenvalue weighted by Crippen LogP contribution is 2.08. The van der Waals surface area contributed by atoms with E-state index >= 15 is 0 Å². The highest BCUT2D eigenvalue weighted by molar-refractivity contribution is 5.68. The zero-order valence-electron chi connectivity index (χ0n) is 9.89. The van der Waals surface area contributed by atoms with Gasteiger partial charge in [-0.2, -0.15) is 0 Å². The molecule has 1 N–H and O–H groups in total. The normalized spacial score (nSPS) is 13.9. The van der Waals surface area contributed by atoms with Crippen molar-refractivity contribution in [2.75, 3.05) is 0 Å². The Morgan fingerprint density at radius 1 is 1.43 bits per heavy atom. The van der Waals surface area contributed by atoms with E-state index < -0.39 is 11.7 Å². The Balaban J connectivity index is 3.83. The predicted molar refractivity (Wildman–Crippen MR) is 58.0 cm³/mol. The Morgan fingerprint density at radius 2 is 1.93 bits per heavy atom.